The Morgan fingerprint density at radius 1 is 1.38 bits per heavy atom. The molecular weight excluding hydrogens is 176 g/mol. The molecule has 0 unspecified atom stereocenters. The van der Waals surface area contributed by atoms with Crippen LogP contribution in [0.4, 0.5) is 0 Å². The lowest BCUT2D eigenvalue weighted by molar-refractivity contribution is 0.263. The second-order valence-electron chi connectivity index (χ2n) is 5.15. The van der Waals surface area contributed by atoms with E-state index in [1.165, 1.54) is 12.8 Å². The van der Waals surface area contributed by atoms with Crippen molar-refractivity contribution in [3.8, 4) is 0 Å². The van der Waals surface area contributed by atoms with E-state index in [4.69, 9.17) is 5.11 Å². The zero-order valence-corrected chi connectivity index (χ0v) is 10.1. The van der Waals surface area contributed by atoms with Crippen LogP contribution in [-0.4, -0.2) is 19.8 Å². The highest BCUT2D eigenvalue weighted by molar-refractivity contribution is 6.77. The predicted octanol–water partition coefficient (Wildman–Crippen LogP) is 3.04. The predicted molar refractivity (Wildman–Crippen MR) is 60.7 cm³/mol. The molecule has 1 aliphatic carbocycles. The molecule has 2 atom stereocenters. The summed E-state index contributed by atoms with van der Waals surface area (Å²) in [6, 6.07) is 0. The minimum absolute atomic E-state index is 0.343. The Balaban J connectivity index is 2.65. The largest absolute Gasteiger partial charge is 0.396 e. The molecule has 0 heterocycles. The summed E-state index contributed by atoms with van der Waals surface area (Å²) < 4.78 is 0. The fraction of sp³-hybridized carbons (Fsp3) is 0.818. The van der Waals surface area contributed by atoms with Crippen LogP contribution in [0.1, 0.15) is 19.3 Å². The molecule has 0 aromatic carbocycles. The van der Waals surface area contributed by atoms with Crippen molar-refractivity contribution in [3.63, 3.8) is 0 Å². The zero-order chi connectivity index (χ0) is 9.90. The lowest BCUT2D eigenvalue weighted by Gasteiger charge is -2.36. The Hall–Kier alpha value is -0.0831. The number of hydrogen-bond acceptors (Lipinski definition) is 1. The summed E-state index contributed by atoms with van der Waals surface area (Å²) in [7, 11) is -1.02. The van der Waals surface area contributed by atoms with Gasteiger partial charge < -0.3 is 5.11 Å². The summed E-state index contributed by atoms with van der Waals surface area (Å²) in [5, 5.41) is 8.98. The second-order valence-corrected chi connectivity index (χ2v) is 10.6. The smallest absolute Gasteiger partial charge is 0.0479 e. The van der Waals surface area contributed by atoms with Gasteiger partial charge in [0.1, 0.15) is 0 Å². The highest BCUT2D eigenvalue weighted by Gasteiger charge is 2.32. The van der Waals surface area contributed by atoms with Crippen LogP contribution in [0.3, 0.4) is 0 Å². The van der Waals surface area contributed by atoms with Crippen LogP contribution in [-0.2, 0) is 0 Å². The molecular formula is C11H22OSi. The first-order chi connectivity index (χ1) is 6.05. The van der Waals surface area contributed by atoms with E-state index in [9.17, 15) is 0 Å². The van der Waals surface area contributed by atoms with E-state index in [2.05, 4.69) is 31.8 Å². The van der Waals surface area contributed by atoms with Gasteiger partial charge in [0.15, 0.2) is 0 Å². The number of allylic oxidation sites excluding steroid dienone is 2. The highest BCUT2D eigenvalue weighted by Crippen LogP contribution is 2.39. The number of hydrogen-bond donors (Lipinski definition) is 1. The molecule has 1 rings (SSSR count). The van der Waals surface area contributed by atoms with Gasteiger partial charge in [-0.05, 0) is 30.7 Å². The van der Waals surface area contributed by atoms with Gasteiger partial charge in [0, 0.05) is 14.7 Å². The van der Waals surface area contributed by atoms with Crippen LogP contribution in [0.5, 0.6) is 0 Å². The van der Waals surface area contributed by atoms with Crippen molar-refractivity contribution < 1.29 is 5.11 Å². The van der Waals surface area contributed by atoms with Crippen LogP contribution in [0.2, 0.25) is 25.2 Å². The summed E-state index contributed by atoms with van der Waals surface area (Å²) >= 11 is 0. The molecule has 0 saturated carbocycles. The van der Waals surface area contributed by atoms with E-state index in [0.717, 1.165) is 12.0 Å². The number of aliphatic hydroxyl groups excluding tert-OH is 1. The van der Waals surface area contributed by atoms with Gasteiger partial charge in [-0.1, -0.05) is 31.8 Å². The maximum absolute atomic E-state index is 8.98. The fourth-order valence-corrected chi connectivity index (χ4v) is 5.01. The first kappa shape index (κ1) is 11.0. The Bertz CT molecular complexity index is 181. The molecule has 0 spiro atoms. The van der Waals surface area contributed by atoms with Crippen molar-refractivity contribution in [1.29, 1.82) is 0 Å². The highest BCUT2D eigenvalue weighted by atomic mass is 28.3. The van der Waals surface area contributed by atoms with Gasteiger partial charge >= 0.3 is 0 Å². The molecule has 0 fully saturated rings. The third-order valence-corrected chi connectivity index (χ3v) is 6.06. The lowest BCUT2D eigenvalue weighted by atomic mass is 9.92. The van der Waals surface area contributed by atoms with Crippen LogP contribution in [0, 0.1) is 5.92 Å². The molecule has 1 aliphatic rings. The maximum atomic E-state index is 8.98. The summed E-state index contributed by atoms with van der Waals surface area (Å²) in [5.74, 6) is 0.658. The minimum Gasteiger partial charge on any atom is -0.396 e. The minimum atomic E-state index is -1.02. The van der Waals surface area contributed by atoms with Gasteiger partial charge in [-0.2, -0.15) is 0 Å². The standard InChI is InChI=1S/C11H22OSi/c1-13(2,3)11-7-5-4-6-10(11)8-9-12/h4,6,10-12H,5,7-9H2,1-3H3/t10-,11+/m0/s1. The molecule has 1 nitrogen and oxygen atoms in total. The van der Waals surface area contributed by atoms with E-state index < -0.39 is 8.07 Å². The Morgan fingerprint density at radius 3 is 2.62 bits per heavy atom. The van der Waals surface area contributed by atoms with Crippen molar-refractivity contribution in [2.45, 2.75) is 44.4 Å². The first-order valence-electron chi connectivity index (χ1n) is 5.33. The third-order valence-electron chi connectivity index (χ3n) is 3.12. The topological polar surface area (TPSA) is 20.2 Å². The third kappa shape index (κ3) is 2.95. The van der Waals surface area contributed by atoms with Crippen LogP contribution in [0.15, 0.2) is 12.2 Å². The average molecular weight is 198 g/mol. The van der Waals surface area contributed by atoms with E-state index in [0.29, 0.717) is 12.5 Å². The second kappa shape index (κ2) is 4.42. The Kier molecular flexibility index (Phi) is 3.74. The molecule has 0 aromatic heterocycles. The van der Waals surface area contributed by atoms with Gasteiger partial charge in [-0.15, -0.1) is 0 Å². The normalized spacial score (nSPS) is 29.2. The van der Waals surface area contributed by atoms with E-state index >= 15 is 0 Å². The number of aliphatic hydroxyl groups is 1. The molecule has 0 aromatic rings. The quantitative estimate of drug-likeness (QED) is 0.546. The summed E-state index contributed by atoms with van der Waals surface area (Å²) in [5.41, 5.74) is 0.879. The lowest BCUT2D eigenvalue weighted by Crippen LogP contribution is -2.34. The molecule has 13 heavy (non-hydrogen) atoms. The van der Waals surface area contributed by atoms with Gasteiger partial charge in [0.25, 0.3) is 0 Å². The van der Waals surface area contributed by atoms with Crippen molar-refractivity contribution in [2.75, 3.05) is 6.61 Å². The molecule has 0 radical (unpaired) electrons. The van der Waals surface area contributed by atoms with Crippen molar-refractivity contribution in [1.82, 2.24) is 0 Å². The molecule has 0 amide bonds. The van der Waals surface area contributed by atoms with Gasteiger partial charge in [-0.25, -0.2) is 0 Å². The fourth-order valence-electron chi connectivity index (χ4n) is 2.42. The van der Waals surface area contributed by atoms with Crippen molar-refractivity contribution in [3.05, 3.63) is 12.2 Å². The number of rotatable bonds is 3. The van der Waals surface area contributed by atoms with Crippen LogP contribution < -0.4 is 0 Å². The molecule has 1 N–H and O–H groups in total. The molecule has 0 aliphatic heterocycles. The van der Waals surface area contributed by atoms with E-state index in [1.54, 1.807) is 0 Å². The summed E-state index contributed by atoms with van der Waals surface area (Å²) in [4.78, 5) is 0. The maximum Gasteiger partial charge on any atom is 0.0479 e. The van der Waals surface area contributed by atoms with E-state index in [1.807, 2.05) is 0 Å². The molecule has 0 saturated heterocycles. The average Bonchev–Trinajstić information content (AvgIpc) is 2.04. The van der Waals surface area contributed by atoms with Gasteiger partial charge in [0.2, 0.25) is 0 Å². The Morgan fingerprint density at radius 2 is 2.08 bits per heavy atom. The van der Waals surface area contributed by atoms with Crippen LogP contribution in [0.25, 0.3) is 0 Å². The zero-order valence-electron chi connectivity index (χ0n) is 9.09. The molecule has 0 bridgehead atoms. The van der Waals surface area contributed by atoms with Gasteiger partial charge in [0.05, 0.1) is 0 Å². The Labute approximate surface area is 82.9 Å². The van der Waals surface area contributed by atoms with Gasteiger partial charge in [-0.3, -0.25) is 0 Å². The van der Waals surface area contributed by atoms with Crippen LogP contribution >= 0.6 is 0 Å². The molecule has 76 valence electrons. The molecule has 2 heteroatoms. The SMILES string of the molecule is C[Si](C)(C)[C@@H]1CCC=C[C@H]1CCO. The first-order valence-corrected chi connectivity index (χ1v) is 8.91. The summed E-state index contributed by atoms with van der Waals surface area (Å²) in [6.07, 6.45) is 8.18. The van der Waals surface area contributed by atoms with Crippen molar-refractivity contribution >= 4 is 8.07 Å². The van der Waals surface area contributed by atoms with Crippen molar-refractivity contribution in [2.24, 2.45) is 5.92 Å². The van der Waals surface area contributed by atoms with E-state index in [-0.39, 0.29) is 0 Å². The monoisotopic (exact) mass is 198 g/mol. The summed E-state index contributed by atoms with van der Waals surface area (Å²) in [6.45, 7) is 7.68.